The number of aromatic nitrogens is 4. The van der Waals surface area contributed by atoms with Crippen LogP contribution in [0.4, 0.5) is 4.39 Å². The minimum absolute atomic E-state index is 0.0515. The Hall–Kier alpha value is -3.41. The minimum Gasteiger partial charge on any atom is -0.492 e. The molecule has 0 aliphatic rings. The summed E-state index contributed by atoms with van der Waals surface area (Å²) in [5, 5.41) is 13.6. The van der Waals surface area contributed by atoms with E-state index in [1.807, 2.05) is 19.9 Å². The Balaban J connectivity index is 2.37. The van der Waals surface area contributed by atoms with Gasteiger partial charge in [-0.1, -0.05) is 13.8 Å². The van der Waals surface area contributed by atoms with Gasteiger partial charge < -0.3 is 9.47 Å². The number of nitrogens with zero attached hydrogens (tertiary/aromatic N) is 4. The van der Waals surface area contributed by atoms with Crippen molar-refractivity contribution in [1.82, 2.24) is 19.6 Å². The first kappa shape index (κ1) is 19.4. The van der Waals surface area contributed by atoms with Crippen LogP contribution in [0.2, 0.25) is 0 Å². The van der Waals surface area contributed by atoms with Gasteiger partial charge >= 0.3 is 5.69 Å². The van der Waals surface area contributed by atoms with E-state index in [2.05, 4.69) is 15.1 Å². The summed E-state index contributed by atoms with van der Waals surface area (Å²) in [6, 6.07) is 4.67. The van der Waals surface area contributed by atoms with Crippen molar-refractivity contribution in [2.75, 3.05) is 13.2 Å². The van der Waals surface area contributed by atoms with Gasteiger partial charge in [0.1, 0.15) is 23.2 Å². The highest BCUT2D eigenvalue weighted by Gasteiger charge is 2.23. The van der Waals surface area contributed by atoms with E-state index >= 15 is 0 Å². The average molecular weight is 385 g/mol. The third kappa shape index (κ3) is 3.29. The van der Waals surface area contributed by atoms with Crippen LogP contribution in [0.3, 0.4) is 0 Å². The van der Waals surface area contributed by atoms with Crippen LogP contribution in [0.5, 0.6) is 11.8 Å². The molecule has 0 radical (unpaired) electrons. The summed E-state index contributed by atoms with van der Waals surface area (Å²) >= 11 is 0. The molecule has 0 atom stereocenters. The number of nitrogens with one attached hydrogen (secondary N) is 1. The first-order valence-electron chi connectivity index (χ1n) is 8.93. The molecule has 1 N–H and O–H groups in total. The van der Waals surface area contributed by atoms with Gasteiger partial charge in [-0.3, -0.25) is 4.98 Å². The highest BCUT2D eigenvalue weighted by molar-refractivity contribution is 5.81. The molecule has 0 fully saturated rings. The lowest BCUT2D eigenvalue weighted by Gasteiger charge is -2.11. The maximum atomic E-state index is 14.6. The summed E-state index contributed by atoms with van der Waals surface area (Å²) in [6.07, 6.45) is 0. The second-order valence-corrected chi connectivity index (χ2v) is 6.31. The molecule has 0 aliphatic carbocycles. The molecule has 146 valence electrons. The molecule has 0 aliphatic heterocycles. The van der Waals surface area contributed by atoms with Crippen molar-refractivity contribution in [2.45, 2.75) is 33.6 Å². The first-order valence-corrected chi connectivity index (χ1v) is 8.93. The lowest BCUT2D eigenvalue weighted by atomic mass is 9.98. The van der Waals surface area contributed by atoms with Gasteiger partial charge in [0.2, 0.25) is 0 Å². The summed E-state index contributed by atoms with van der Waals surface area (Å²) < 4.78 is 26.5. The minimum atomic E-state index is -0.715. The first-order chi connectivity index (χ1) is 13.4. The van der Waals surface area contributed by atoms with E-state index in [1.54, 1.807) is 19.9 Å². The lowest BCUT2D eigenvalue weighted by molar-refractivity contribution is 0.310. The standard InChI is InChI=1S/C19H20FN5O3/c1-5-27-14-8-11(7-13(20)12(14)9-21)15-16(10(3)4)24-25-17(15)22-18(28-6-2)23-19(25)26/h7-8,10H,5-6H2,1-4H3,(H,22,23,26). The summed E-state index contributed by atoms with van der Waals surface area (Å²) in [4.78, 5) is 19.3. The third-order valence-electron chi connectivity index (χ3n) is 4.08. The van der Waals surface area contributed by atoms with Gasteiger partial charge in [0.15, 0.2) is 5.65 Å². The van der Waals surface area contributed by atoms with E-state index in [1.165, 1.54) is 6.07 Å². The fraction of sp³-hybridized carbons (Fsp3) is 0.368. The number of hydrogen-bond donors (Lipinski definition) is 1. The van der Waals surface area contributed by atoms with Crippen LogP contribution in [0.1, 0.15) is 44.9 Å². The Kier molecular flexibility index (Phi) is 5.31. The zero-order valence-electron chi connectivity index (χ0n) is 16.0. The normalized spacial score (nSPS) is 11.0. The second-order valence-electron chi connectivity index (χ2n) is 6.31. The average Bonchev–Trinajstić information content (AvgIpc) is 3.02. The second kappa shape index (κ2) is 7.68. The summed E-state index contributed by atoms with van der Waals surface area (Å²) in [5.74, 6) is -0.655. The van der Waals surface area contributed by atoms with Crippen LogP contribution < -0.4 is 15.2 Å². The molecule has 0 saturated carbocycles. The van der Waals surface area contributed by atoms with Gasteiger partial charge in [-0.2, -0.15) is 19.9 Å². The monoisotopic (exact) mass is 385 g/mol. The van der Waals surface area contributed by atoms with Gasteiger partial charge in [0.25, 0.3) is 6.01 Å². The van der Waals surface area contributed by atoms with Crippen molar-refractivity contribution >= 4 is 5.65 Å². The van der Waals surface area contributed by atoms with Crippen molar-refractivity contribution in [1.29, 1.82) is 5.26 Å². The maximum Gasteiger partial charge on any atom is 0.352 e. The van der Waals surface area contributed by atoms with Crippen LogP contribution in [0.25, 0.3) is 16.8 Å². The summed E-state index contributed by atoms with van der Waals surface area (Å²) in [5.41, 5.74) is 1.03. The highest BCUT2D eigenvalue weighted by atomic mass is 19.1. The molecule has 0 bridgehead atoms. The van der Waals surface area contributed by atoms with Gasteiger partial charge in [-0.05, 0) is 37.5 Å². The number of H-pyrrole nitrogens is 1. The number of benzene rings is 1. The fourth-order valence-corrected chi connectivity index (χ4v) is 2.93. The number of aromatic amines is 1. The van der Waals surface area contributed by atoms with Crippen molar-refractivity contribution in [2.24, 2.45) is 0 Å². The molecule has 8 nitrogen and oxygen atoms in total. The molecule has 3 aromatic rings. The number of fused-ring (bicyclic) bond motifs is 1. The molecule has 0 saturated heterocycles. The predicted molar refractivity (Wildman–Crippen MR) is 100 cm³/mol. The van der Waals surface area contributed by atoms with Gasteiger partial charge in [-0.15, -0.1) is 0 Å². The quantitative estimate of drug-likeness (QED) is 0.699. The van der Waals surface area contributed by atoms with E-state index in [0.29, 0.717) is 23.4 Å². The summed E-state index contributed by atoms with van der Waals surface area (Å²) in [6.45, 7) is 7.93. The van der Waals surface area contributed by atoms with Gasteiger partial charge in [-0.25, -0.2) is 9.18 Å². The van der Waals surface area contributed by atoms with Crippen LogP contribution in [-0.2, 0) is 0 Å². The lowest BCUT2D eigenvalue weighted by Crippen LogP contribution is -2.20. The van der Waals surface area contributed by atoms with E-state index in [4.69, 9.17) is 9.47 Å². The predicted octanol–water partition coefficient (Wildman–Crippen LogP) is 3.02. The number of hydrogen-bond acceptors (Lipinski definition) is 6. The number of halogens is 1. The molecule has 0 unspecified atom stereocenters. The highest BCUT2D eigenvalue weighted by Crippen LogP contribution is 2.36. The Bertz CT molecular complexity index is 1130. The Labute approximate surface area is 160 Å². The molecule has 0 spiro atoms. The molecule has 3 rings (SSSR count). The summed E-state index contributed by atoms with van der Waals surface area (Å²) in [7, 11) is 0. The van der Waals surface area contributed by atoms with Crippen molar-refractivity contribution < 1.29 is 13.9 Å². The molecule has 28 heavy (non-hydrogen) atoms. The Morgan fingerprint density at radius 3 is 2.61 bits per heavy atom. The maximum absolute atomic E-state index is 14.6. The zero-order valence-corrected chi connectivity index (χ0v) is 16.0. The van der Waals surface area contributed by atoms with Crippen LogP contribution in [0.15, 0.2) is 16.9 Å². The number of rotatable bonds is 6. The fourth-order valence-electron chi connectivity index (χ4n) is 2.93. The zero-order chi connectivity index (χ0) is 20.4. The van der Waals surface area contributed by atoms with E-state index in [0.717, 1.165) is 4.52 Å². The molecule has 2 aromatic heterocycles. The van der Waals surface area contributed by atoms with Crippen LogP contribution in [-0.4, -0.2) is 32.8 Å². The molecule has 9 heteroatoms. The number of ether oxygens (including phenoxy) is 2. The number of nitriles is 1. The van der Waals surface area contributed by atoms with Gasteiger partial charge in [0, 0.05) is 0 Å². The third-order valence-corrected chi connectivity index (χ3v) is 4.08. The molecule has 0 amide bonds. The largest absolute Gasteiger partial charge is 0.492 e. The Morgan fingerprint density at radius 1 is 1.29 bits per heavy atom. The van der Waals surface area contributed by atoms with Crippen molar-refractivity contribution in [3.05, 3.63) is 39.7 Å². The van der Waals surface area contributed by atoms with E-state index in [-0.39, 0.29) is 35.5 Å². The topological polar surface area (TPSA) is 105 Å². The molecule has 1 aromatic carbocycles. The van der Waals surface area contributed by atoms with Crippen LogP contribution in [0, 0.1) is 17.1 Å². The molecule has 2 heterocycles. The van der Waals surface area contributed by atoms with E-state index < -0.39 is 11.5 Å². The Morgan fingerprint density at radius 2 is 2.00 bits per heavy atom. The van der Waals surface area contributed by atoms with Gasteiger partial charge in [0.05, 0.1) is 24.5 Å². The van der Waals surface area contributed by atoms with E-state index in [9.17, 15) is 14.4 Å². The SMILES string of the molecule is CCOc1nc2c(-c3cc(F)c(C#N)c(OCC)c3)c(C(C)C)nn2c(=O)[nH]1. The smallest absolute Gasteiger partial charge is 0.352 e. The van der Waals surface area contributed by atoms with Crippen LogP contribution >= 0.6 is 0 Å². The molecular formula is C19H20FN5O3. The van der Waals surface area contributed by atoms with Crippen molar-refractivity contribution in [3.63, 3.8) is 0 Å². The molecular weight excluding hydrogens is 365 g/mol. The van der Waals surface area contributed by atoms with Crippen molar-refractivity contribution in [3.8, 4) is 29.0 Å².